The summed E-state index contributed by atoms with van der Waals surface area (Å²) < 4.78 is 25.2. The zero-order valence-corrected chi connectivity index (χ0v) is 16.7. The van der Waals surface area contributed by atoms with Gasteiger partial charge in [-0.05, 0) is 42.7 Å². The molecule has 0 radical (unpaired) electrons. The Hall–Kier alpha value is -2.44. The Kier molecular flexibility index (Phi) is 4.40. The fraction of sp³-hybridized carbons (Fsp3) is 0.190. The molecule has 1 aliphatic rings. The lowest BCUT2D eigenvalue weighted by molar-refractivity contribution is 0.0955. The Balaban J connectivity index is 1.63. The maximum atomic E-state index is 12.6. The van der Waals surface area contributed by atoms with Crippen LogP contribution < -0.4 is 5.32 Å². The van der Waals surface area contributed by atoms with Crippen LogP contribution in [0.3, 0.4) is 0 Å². The van der Waals surface area contributed by atoms with Crippen LogP contribution in [0, 0.1) is 13.8 Å². The van der Waals surface area contributed by atoms with E-state index in [1.165, 1.54) is 11.3 Å². The van der Waals surface area contributed by atoms with Crippen molar-refractivity contribution in [1.82, 2.24) is 5.32 Å². The molecule has 0 atom stereocenters. The first-order valence-electron chi connectivity index (χ1n) is 8.64. The molecule has 138 valence electrons. The summed E-state index contributed by atoms with van der Waals surface area (Å²) in [5.74, 6) is -0.234. The lowest BCUT2D eigenvalue weighted by atomic mass is 10.1. The molecule has 1 aliphatic heterocycles. The highest BCUT2D eigenvalue weighted by Crippen LogP contribution is 2.43. The predicted molar refractivity (Wildman–Crippen MR) is 108 cm³/mol. The third-order valence-electron chi connectivity index (χ3n) is 4.63. The van der Waals surface area contributed by atoms with Crippen LogP contribution in [0.4, 0.5) is 0 Å². The molecule has 1 aromatic heterocycles. The van der Waals surface area contributed by atoms with Crippen molar-refractivity contribution in [2.24, 2.45) is 0 Å². The normalized spacial score (nSPS) is 14.3. The number of carbonyl (C=O) groups is 1. The van der Waals surface area contributed by atoms with Crippen molar-refractivity contribution >= 4 is 27.1 Å². The minimum absolute atomic E-state index is 0.0551. The average Bonchev–Trinajstić information content (AvgIpc) is 3.03. The highest BCUT2D eigenvalue weighted by atomic mass is 32.2. The molecule has 0 saturated carbocycles. The minimum Gasteiger partial charge on any atom is -0.347 e. The molecule has 2 heterocycles. The first kappa shape index (κ1) is 17.9. The summed E-state index contributed by atoms with van der Waals surface area (Å²) in [6.07, 6.45) is 0. The van der Waals surface area contributed by atoms with Crippen LogP contribution in [-0.2, 0) is 22.1 Å². The van der Waals surface area contributed by atoms with Crippen LogP contribution in [0.15, 0.2) is 53.4 Å². The third kappa shape index (κ3) is 3.42. The molecule has 4 rings (SSSR count). The Morgan fingerprint density at radius 3 is 2.63 bits per heavy atom. The second kappa shape index (κ2) is 6.62. The van der Waals surface area contributed by atoms with Crippen molar-refractivity contribution in [3.05, 3.63) is 75.7 Å². The fourth-order valence-electron chi connectivity index (χ4n) is 3.32. The van der Waals surface area contributed by atoms with E-state index in [2.05, 4.69) is 5.32 Å². The fourth-order valence-corrected chi connectivity index (χ4v) is 6.28. The number of fused-ring (bicyclic) bond motifs is 3. The van der Waals surface area contributed by atoms with E-state index in [1.807, 2.05) is 50.2 Å². The van der Waals surface area contributed by atoms with E-state index in [1.54, 1.807) is 12.1 Å². The van der Waals surface area contributed by atoms with E-state index >= 15 is 0 Å². The molecule has 1 amide bonds. The molecule has 0 spiro atoms. The monoisotopic (exact) mass is 397 g/mol. The van der Waals surface area contributed by atoms with Gasteiger partial charge in [0.2, 0.25) is 0 Å². The number of hydrogen-bond acceptors (Lipinski definition) is 4. The Bertz CT molecular complexity index is 1160. The molecular weight excluding hydrogens is 378 g/mol. The number of hydrogen-bond donors (Lipinski definition) is 1. The highest BCUT2D eigenvalue weighted by molar-refractivity contribution is 7.91. The number of aryl methyl sites for hydroxylation is 2. The van der Waals surface area contributed by atoms with Gasteiger partial charge in [-0.25, -0.2) is 8.42 Å². The van der Waals surface area contributed by atoms with Crippen LogP contribution >= 0.6 is 11.3 Å². The quantitative estimate of drug-likeness (QED) is 0.719. The molecule has 1 N–H and O–H groups in total. The molecular formula is C21H19NO3S2. The number of sulfone groups is 1. The number of nitrogens with one attached hydrogen (secondary N) is 1. The second-order valence-corrected chi connectivity index (χ2v) is 9.91. The summed E-state index contributed by atoms with van der Waals surface area (Å²) in [6.45, 7) is 4.33. The van der Waals surface area contributed by atoms with Crippen molar-refractivity contribution in [2.45, 2.75) is 31.0 Å². The average molecular weight is 398 g/mol. The van der Waals surface area contributed by atoms with E-state index in [0.29, 0.717) is 27.4 Å². The van der Waals surface area contributed by atoms with Gasteiger partial charge in [0.05, 0.1) is 15.5 Å². The van der Waals surface area contributed by atoms with Crippen molar-refractivity contribution in [3.63, 3.8) is 0 Å². The molecule has 0 aliphatic carbocycles. The topological polar surface area (TPSA) is 63.2 Å². The number of rotatable bonds is 3. The molecule has 2 aromatic carbocycles. The Morgan fingerprint density at radius 2 is 1.85 bits per heavy atom. The van der Waals surface area contributed by atoms with Gasteiger partial charge in [0, 0.05) is 17.0 Å². The van der Waals surface area contributed by atoms with Gasteiger partial charge in [-0.3, -0.25) is 4.79 Å². The summed E-state index contributed by atoms with van der Waals surface area (Å²) in [7, 11) is -3.38. The highest BCUT2D eigenvalue weighted by Gasteiger charge is 2.30. The van der Waals surface area contributed by atoms with Gasteiger partial charge in [0.1, 0.15) is 0 Å². The molecule has 0 unspecified atom stereocenters. The summed E-state index contributed by atoms with van der Waals surface area (Å²) in [6, 6.07) is 15.1. The van der Waals surface area contributed by atoms with Crippen molar-refractivity contribution in [1.29, 1.82) is 0 Å². The van der Waals surface area contributed by atoms with Gasteiger partial charge in [-0.2, -0.15) is 0 Å². The lowest BCUT2D eigenvalue weighted by Crippen LogP contribution is -2.21. The van der Waals surface area contributed by atoms with E-state index in [-0.39, 0.29) is 11.7 Å². The maximum Gasteiger partial charge on any atom is 0.261 e. The number of benzene rings is 2. The zero-order valence-electron chi connectivity index (χ0n) is 15.1. The maximum absolute atomic E-state index is 12.6. The number of carbonyl (C=O) groups excluding carboxylic acids is 1. The van der Waals surface area contributed by atoms with Crippen LogP contribution in [0.2, 0.25) is 0 Å². The van der Waals surface area contributed by atoms with Gasteiger partial charge < -0.3 is 5.32 Å². The van der Waals surface area contributed by atoms with Crippen LogP contribution in [0.25, 0.3) is 10.4 Å². The third-order valence-corrected chi connectivity index (χ3v) is 7.54. The molecule has 27 heavy (non-hydrogen) atoms. The van der Waals surface area contributed by atoms with Crippen molar-refractivity contribution in [2.75, 3.05) is 0 Å². The summed E-state index contributed by atoms with van der Waals surface area (Å²) >= 11 is 1.35. The van der Waals surface area contributed by atoms with E-state index < -0.39 is 9.84 Å². The molecule has 0 fully saturated rings. The summed E-state index contributed by atoms with van der Waals surface area (Å²) in [4.78, 5) is 14.4. The molecule has 4 nitrogen and oxygen atoms in total. The minimum atomic E-state index is -3.38. The van der Waals surface area contributed by atoms with Crippen LogP contribution in [0.1, 0.15) is 31.9 Å². The zero-order chi connectivity index (χ0) is 19.2. The van der Waals surface area contributed by atoms with Gasteiger partial charge >= 0.3 is 0 Å². The van der Waals surface area contributed by atoms with E-state index in [4.69, 9.17) is 0 Å². The SMILES string of the molecule is Cc1cccc(CNC(=O)c2cc3c(s2)-c2ccc(C)cc2S(=O)(=O)C3)c1. The standard InChI is InChI=1S/C21H19NO3S2/c1-13-4-3-5-15(8-13)11-22-21(23)18-10-16-12-27(24,25)19-9-14(2)6-7-17(19)20(16)26-18/h3-10H,11-12H2,1-2H3,(H,22,23). The molecule has 0 bridgehead atoms. The van der Waals surface area contributed by atoms with Gasteiger partial charge in [-0.15, -0.1) is 11.3 Å². The van der Waals surface area contributed by atoms with Crippen molar-refractivity contribution < 1.29 is 13.2 Å². The first-order chi connectivity index (χ1) is 12.8. The smallest absolute Gasteiger partial charge is 0.261 e. The lowest BCUT2D eigenvalue weighted by Gasteiger charge is -2.17. The Labute approximate surface area is 162 Å². The summed E-state index contributed by atoms with van der Waals surface area (Å²) in [5.41, 5.74) is 4.49. The van der Waals surface area contributed by atoms with Gasteiger partial charge in [0.15, 0.2) is 9.84 Å². The number of thiophene rings is 1. The Morgan fingerprint density at radius 1 is 1.07 bits per heavy atom. The molecule has 0 saturated heterocycles. The largest absolute Gasteiger partial charge is 0.347 e. The van der Waals surface area contributed by atoms with Crippen LogP contribution in [0.5, 0.6) is 0 Å². The number of amides is 1. The van der Waals surface area contributed by atoms with E-state index in [0.717, 1.165) is 21.6 Å². The van der Waals surface area contributed by atoms with Gasteiger partial charge in [-0.1, -0.05) is 42.0 Å². The second-order valence-electron chi connectivity index (χ2n) is 6.90. The molecule has 6 heteroatoms. The van der Waals surface area contributed by atoms with Crippen LogP contribution in [-0.4, -0.2) is 14.3 Å². The van der Waals surface area contributed by atoms with Crippen molar-refractivity contribution in [3.8, 4) is 10.4 Å². The molecule has 3 aromatic rings. The summed E-state index contributed by atoms with van der Waals surface area (Å²) in [5, 5.41) is 2.93. The van der Waals surface area contributed by atoms with Gasteiger partial charge in [0.25, 0.3) is 5.91 Å². The van der Waals surface area contributed by atoms with E-state index in [9.17, 15) is 13.2 Å². The predicted octanol–water partition coefficient (Wildman–Crippen LogP) is 4.25. The first-order valence-corrected chi connectivity index (χ1v) is 11.1.